The number of fused-ring (bicyclic) bond motifs is 2. The molecule has 1 aromatic rings. The molecule has 2 aliphatic carbocycles. The molecule has 1 saturated carbocycles. The van der Waals surface area contributed by atoms with Crippen LogP contribution in [0.15, 0.2) is 60.3 Å². The first-order valence-electron chi connectivity index (χ1n) is 17.9. The number of unbranched alkanes of at least 4 members (excludes halogenated alkanes) is 2. The van der Waals surface area contributed by atoms with E-state index in [1.165, 1.54) is 7.11 Å². The molecule has 0 bridgehead atoms. The number of carbonyl (C=O) groups is 1. The highest BCUT2D eigenvalue weighted by atomic mass is 16.7. The molecule has 0 radical (unpaired) electrons. The predicted molar refractivity (Wildman–Crippen MR) is 188 cm³/mol. The van der Waals surface area contributed by atoms with Crippen molar-refractivity contribution >= 4 is 11.8 Å². The van der Waals surface area contributed by atoms with Crippen LogP contribution in [0.25, 0.3) is 0 Å². The lowest BCUT2D eigenvalue weighted by molar-refractivity contribution is -0.253. The molecular formula is C38H55N3O8. The lowest BCUT2D eigenvalue weighted by Gasteiger charge is -2.59. The van der Waals surface area contributed by atoms with Crippen molar-refractivity contribution in [2.45, 2.75) is 69.1 Å². The summed E-state index contributed by atoms with van der Waals surface area (Å²) in [4.78, 5) is 22.9. The van der Waals surface area contributed by atoms with Gasteiger partial charge < -0.3 is 38.9 Å². The Morgan fingerprint density at radius 3 is 2.59 bits per heavy atom. The zero-order valence-corrected chi connectivity index (χ0v) is 29.3. The number of aliphatic hydroxyl groups is 2. The lowest BCUT2D eigenvalue weighted by atomic mass is 9.55. The third kappa shape index (κ3) is 8.33. The molecule has 0 aromatic heterocycles. The largest absolute Gasteiger partial charge is 0.492 e. The SMILES string of the molecule is C=CCCOC(=O)N(C)C1CC(=NOC)C2=CC(CCCCO)C(CCCCO)C3c4cc(OCCN5CC5)ccc4OC1(OCC=C)C23. The van der Waals surface area contributed by atoms with Crippen LogP contribution in [0.2, 0.25) is 0 Å². The maximum absolute atomic E-state index is 13.6. The van der Waals surface area contributed by atoms with E-state index in [2.05, 4.69) is 35.4 Å². The fourth-order valence-electron chi connectivity index (χ4n) is 7.97. The first-order chi connectivity index (χ1) is 23.9. The Balaban J connectivity index is 1.67. The average molecular weight is 682 g/mol. The summed E-state index contributed by atoms with van der Waals surface area (Å²) in [6, 6.07) is 5.42. The zero-order valence-electron chi connectivity index (χ0n) is 29.3. The Bertz CT molecular complexity index is 1350. The van der Waals surface area contributed by atoms with Crippen LogP contribution < -0.4 is 9.47 Å². The monoisotopic (exact) mass is 681 g/mol. The van der Waals surface area contributed by atoms with E-state index in [1.807, 2.05) is 12.1 Å². The Labute approximate surface area is 291 Å². The van der Waals surface area contributed by atoms with E-state index in [-0.39, 0.29) is 50.1 Å². The van der Waals surface area contributed by atoms with Gasteiger partial charge in [-0.15, -0.1) is 13.2 Å². The molecular weight excluding hydrogens is 626 g/mol. The minimum Gasteiger partial charge on any atom is -0.492 e. The Hall–Kier alpha value is -3.38. The number of rotatable bonds is 20. The number of nitrogens with zero attached hydrogens (tertiary/aromatic N) is 3. The van der Waals surface area contributed by atoms with Gasteiger partial charge in [0.1, 0.15) is 31.3 Å². The molecule has 270 valence electrons. The van der Waals surface area contributed by atoms with Crippen LogP contribution in [0.1, 0.15) is 62.8 Å². The van der Waals surface area contributed by atoms with E-state index in [9.17, 15) is 15.0 Å². The summed E-state index contributed by atoms with van der Waals surface area (Å²) >= 11 is 0. The van der Waals surface area contributed by atoms with Gasteiger partial charge in [-0.1, -0.05) is 36.2 Å². The van der Waals surface area contributed by atoms with Crippen LogP contribution in [0.3, 0.4) is 0 Å². The van der Waals surface area contributed by atoms with Gasteiger partial charge in [0.05, 0.1) is 24.8 Å². The molecule has 49 heavy (non-hydrogen) atoms. The predicted octanol–water partition coefficient (Wildman–Crippen LogP) is 5.29. The van der Waals surface area contributed by atoms with Crippen molar-refractivity contribution in [1.29, 1.82) is 0 Å². The second-order valence-corrected chi connectivity index (χ2v) is 13.4. The highest BCUT2D eigenvalue weighted by molar-refractivity contribution is 6.02. The number of benzene rings is 1. The summed E-state index contributed by atoms with van der Waals surface area (Å²) in [5, 5.41) is 24.0. The van der Waals surface area contributed by atoms with Crippen molar-refractivity contribution in [3.63, 3.8) is 0 Å². The van der Waals surface area contributed by atoms with Gasteiger partial charge in [-0.3, -0.25) is 4.90 Å². The summed E-state index contributed by atoms with van der Waals surface area (Å²) in [7, 11) is 3.26. The number of allylic oxidation sites excluding steroid dienone is 1. The van der Waals surface area contributed by atoms with E-state index in [1.54, 1.807) is 24.1 Å². The molecule has 2 aliphatic heterocycles. The standard InChI is InChI=1S/C38H55N3O8/c1-5-7-22-47-37(44)40(3)34-26-32(39-45-4)30-24-27(12-8-10-19-42)29(13-9-11-20-43)35-31-25-28(46-23-18-41-16-17-41)14-15-33(31)49-38(34,36(30)35)48-21-6-2/h5-6,14-15,24-25,27,29,34-36,42-43H,1-2,7-13,16-23,26H2,3-4H3. The van der Waals surface area contributed by atoms with Gasteiger partial charge in [0.2, 0.25) is 5.79 Å². The number of likely N-dealkylation sites (N-methyl/N-ethyl adjacent to an activating group) is 1. The molecule has 11 nitrogen and oxygen atoms in total. The smallest absolute Gasteiger partial charge is 0.409 e. The Kier molecular flexibility index (Phi) is 13.2. The van der Waals surface area contributed by atoms with Gasteiger partial charge in [-0.05, 0) is 67.7 Å². The van der Waals surface area contributed by atoms with Gasteiger partial charge in [0.25, 0.3) is 0 Å². The van der Waals surface area contributed by atoms with E-state index in [0.717, 1.165) is 74.3 Å². The van der Waals surface area contributed by atoms with Crippen molar-refractivity contribution in [2.75, 3.05) is 66.8 Å². The van der Waals surface area contributed by atoms with E-state index < -0.39 is 17.9 Å². The number of ether oxygens (including phenoxy) is 4. The molecule has 1 amide bonds. The lowest BCUT2D eigenvalue weighted by Crippen LogP contribution is -2.69. The zero-order chi connectivity index (χ0) is 34.8. The molecule has 2 fully saturated rings. The number of amides is 1. The van der Waals surface area contributed by atoms with Crippen LogP contribution in [-0.4, -0.2) is 110 Å². The maximum atomic E-state index is 13.6. The minimum absolute atomic E-state index is 0.0999. The molecule has 2 heterocycles. The highest BCUT2D eigenvalue weighted by Crippen LogP contribution is 2.61. The molecule has 6 unspecified atom stereocenters. The quantitative estimate of drug-likeness (QED) is 0.0819. The van der Waals surface area contributed by atoms with Crippen molar-refractivity contribution in [3.05, 3.63) is 60.7 Å². The molecule has 4 aliphatic rings. The van der Waals surface area contributed by atoms with Crippen molar-refractivity contribution in [3.8, 4) is 11.5 Å². The van der Waals surface area contributed by atoms with Gasteiger partial charge >= 0.3 is 6.09 Å². The maximum Gasteiger partial charge on any atom is 0.409 e. The van der Waals surface area contributed by atoms with Crippen LogP contribution >= 0.6 is 0 Å². The number of carbonyl (C=O) groups excluding carboxylic acids is 1. The average Bonchev–Trinajstić information content (AvgIpc) is 3.94. The second-order valence-electron chi connectivity index (χ2n) is 13.4. The molecule has 1 saturated heterocycles. The molecule has 2 N–H and O–H groups in total. The number of hydrogen-bond donors (Lipinski definition) is 2. The summed E-state index contributed by atoms with van der Waals surface area (Å²) in [6.45, 7) is 12.1. The first kappa shape index (κ1) is 36.9. The van der Waals surface area contributed by atoms with Gasteiger partial charge in [-0.2, -0.15) is 0 Å². The van der Waals surface area contributed by atoms with E-state index in [4.69, 9.17) is 23.8 Å². The number of oxime groups is 1. The Morgan fingerprint density at radius 2 is 1.90 bits per heavy atom. The summed E-state index contributed by atoms with van der Waals surface area (Å²) in [6.07, 6.45) is 11.0. The van der Waals surface area contributed by atoms with Gasteiger partial charge in [0, 0.05) is 57.8 Å². The molecule has 11 heteroatoms. The molecule has 6 atom stereocenters. The van der Waals surface area contributed by atoms with Gasteiger partial charge in [0.15, 0.2) is 0 Å². The normalized spacial score (nSPS) is 27.6. The van der Waals surface area contributed by atoms with Crippen LogP contribution in [-0.2, 0) is 14.3 Å². The second kappa shape index (κ2) is 17.5. The van der Waals surface area contributed by atoms with Crippen molar-refractivity contribution < 1.29 is 38.8 Å². The third-order valence-electron chi connectivity index (χ3n) is 10.4. The Morgan fingerprint density at radius 1 is 1.12 bits per heavy atom. The number of hydrogen-bond acceptors (Lipinski definition) is 10. The summed E-state index contributed by atoms with van der Waals surface area (Å²) in [5.41, 5.74) is 2.77. The highest BCUT2D eigenvalue weighted by Gasteiger charge is 2.65. The minimum atomic E-state index is -1.30. The number of aliphatic hydroxyl groups excluding tert-OH is 2. The third-order valence-corrected chi connectivity index (χ3v) is 10.4. The molecule has 1 aromatic carbocycles. The summed E-state index contributed by atoms with van der Waals surface area (Å²) < 4.78 is 25.9. The van der Waals surface area contributed by atoms with Crippen LogP contribution in [0.5, 0.6) is 11.5 Å². The topological polar surface area (TPSA) is 122 Å². The molecule has 5 rings (SSSR count). The fraction of sp³-hybridized carbons (Fsp3) is 0.632. The van der Waals surface area contributed by atoms with Crippen molar-refractivity contribution in [1.82, 2.24) is 9.80 Å². The first-order valence-corrected chi connectivity index (χ1v) is 17.9. The van der Waals surface area contributed by atoms with E-state index in [0.29, 0.717) is 31.6 Å². The van der Waals surface area contributed by atoms with Crippen molar-refractivity contribution in [2.24, 2.45) is 22.9 Å². The summed E-state index contributed by atoms with van der Waals surface area (Å²) in [5.74, 6) is 0.0205. The fourth-order valence-corrected chi connectivity index (χ4v) is 7.97. The van der Waals surface area contributed by atoms with E-state index >= 15 is 0 Å². The van der Waals surface area contributed by atoms with Gasteiger partial charge in [-0.25, -0.2) is 4.79 Å². The van der Waals surface area contributed by atoms with Crippen LogP contribution in [0.4, 0.5) is 4.79 Å². The molecule has 0 spiro atoms. The van der Waals surface area contributed by atoms with Crippen LogP contribution in [0, 0.1) is 17.8 Å².